The highest BCUT2D eigenvalue weighted by molar-refractivity contribution is 5.78. The maximum absolute atomic E-state index is 4.72. The van der Waals surface area contributed by atoms with Gasteiger partial charge in [-0.15, -0.1) is 0 Å². The van der Waals surface area contributed by atoms with Crippen molar-refractivity contribution in [3.8, 4) is 22.5 Å². The third-order valence-electron chi connectivity index (χ3n) is 4.71. The van der Waals surface area contributed by atoms with Crippen LogP contribution in [0.1, 0.15) is 36.9 Å². The van der Waals surface area contributed by atoms with Crippen molar-refractivity contribution in [3.63, 3.8) is 0 Å². The van der Waals surface area contributed by atoms with Gasteiger partial charge < -0.3 is 9.97 Å². The first-order valence-electron chi connectivity index (χ1n) is 9.84. The average Bonchev–Trinajstić information content (AvgIpc) is 3.33. The summed E-state index contributed by atoms with van der Waals surface area (Å²) in [5, 5.41) is 0. The van der Waals surface area contributed by atoms with Gasteiger partial charge in [0.2, 0.25) is 0 Å². The zero-order valence-corrected chi connectivity index (χ0v) is 17.1. The molecule has 2 aromatic carbocycles. The highest BCUT2D eigenvalue weighted by atomic mass is 14.9. The van der Waals surface area contributed by atoms with Crippen molar-refractivity contribution < 1.29 is 0 Å². The van der Waals surface area contributed by atoms with Crippen LogP contribution >= 0.6 is 0 Å². The minimum Gasteiger partial charge on any atom is -0.346 e. The SMILES string of the molecule is CCc1nc(-c2ccccc2)c(-c2ccccc2)[nH]1.CCc1nc(C)c(C)[nH]1. The molecular weight excluding hydrogens is 344 g/mol. The average molecular weight is 373 g/mol. The minimum atomic E-state index is 0.909. The number of rotatable bonds is 4. The molecule has 0 aliphatic rings. The van der Waals surface area contributed by atoms with Gasteiger partial charge in [-0.25, -0.2) is 9.97 Å². The number of imidazole rings is 2. The number of hydrogen-bond donors (Lipinski definition) is 2. The Bertz CT molecular complexity index is 921. The predicted octanol–water partition coefficient (Wildman–Crippen LogP) is 5.90. The van der Waals surface area contributed by atoms with Crippen molar-refractivity contribution in [1.82, 2.24) is 19.9 Å². The molecule has 2 heterocycles. The molecule has 0 unspecified atom stereocenters. The molecule has 0 bridgehead atoms. The van der Waals surface area contributed by atoms with E-state index in [9.17, 15) is 0 Å². The van der Waals surface area contributed by atoms with E-state index < -0.39 is 0 Å². The Morgan fingerprint density at radius 1 is 0.679 bits per heavy atom. The molecular formula is C24H28N4. The molecule has 0 fully saturated rings. The summed E-state index contributed by atoms with van der Waals surface area (Å²) in [7, 11) is 0. The Hall–Kier alpha value is -3.14. The van der Waals surface area contributed by atoms with Crippen molar-refractivity contribution in [2.45, 2.75) is 40.5 Å². The molecule has 28 heavy (non-hydrogen) atoms. The van der Waals surface area contributed by atoms with Crippen LogP contribution in [-0.4, -0.2) is 19.9 Å². The van der Waals surface area contributed by atoms with Gasteiger partial charge in [0, 0.05) is 29.7 Å². The van der Waals surface area contributed by atoms with E-state index >= 15 is 0 Å². The number of aromatic nitrogens is 4. The molecule has 144 valence electrons. The van der Waals surface area contributed by atoms with E-state index in [1.165, 1.54) is 11.3 Å². The second-order valence-electron chi connectivity index (χ2n) is 6.74. The molecule has 4 heteroatoms. The van der Waals surface area contributed by atoms with Crippen LogP contribution in [0.15, 0.2) is 60.7 Å². The first kappa shape index (κ1) is 19.6. The summed E-state index contributed by atoms with van der Waals surface area (Å²) in [6.07, 6.45) is 1.90. The van der Waals surface area contributed by atoms with Crippen LogP contribution < -0.4 is 0 Å². The summed E-state index contributed by atoms with van der Waals surface area (Å²) in [4.78, 5) is 15.6. The van der Waals surface area contributed by atoms with Crippen LogP contribution in [0, 0.1) is 13.8 Å². The Morgan fingerprint density at radius 3 is 1.68 bits per heavy atom. The number of nitrogens with one attached hydrogen (secondary N) is 2. The van der Waals surface area contributed by atoms with Gasteiger partial charge >= 0.3 is 0 Å². The summed E-state index contributed by atoms with van der Waals surface area (Å²) in [5.74, 6) is 2.11. The molecule has 2 N–H and O–H groups in total. The lowest BCUT2D eigenvalue weighted by Crippen LogP contribution is -1.82. The quantitative estimate of drug-likeness (QED) is 0.469. The second kappa shape index (κ2) is 9.18. The molecule has 0 atom stereocenters. The fourth-order valence-electron chi connectivity index (χ4n) is 3.00. The normalized spacial score (nSPS) is 10.4. The third kappa shape index (κ3) is 4.58. The Balaban J connectivity index is 0.000000211. The highest BCUT2D eigenvalue weighted by Crippen LogP contribution is 2.29. The van der Waals surface area contributed by atoms with Crippen LogP contribution in [0.4, 0.5) is 0 Å². The molecule has 0 radical (unpaired) electrons. The fraction of sp³-hybridized carbons (Fsp3) is 0.250. The van der Waals surface area contributed by atoms with Gasteiger partial charge in [0.25, 0.3) is 0 Å². The zero-order chi connectivity index (χ0) is 19.9. The van der Waals surface area contributed by atoms with E-state index in [4.69, 9.17) is 4.98 Å². The molecule has 2 aromatic heterocycles. The smallest absolute Gasteiger partial charge is 0.106 e. The van der Waals surface area contributed by atoms with Crippen LogP contribution in [0.25, 0.3) is 22.5 Å². The molecule has 4 aromatic rings. The van der Waals surface area contributed by atoms with Crippen LogP contribution in [0.5, 0.6) is 0 Å². The fourth-order valence-corrected chi connectivity index (χ4v) is 3.00. The molecule has 0 saturated heterocycles. The number of hydrogen-bond acceptors (Lipinski definition) is 2. The van der Waals surface area contributed by atoms with Gasteiger partial charge in [-0.1, -0.05) is 74.5 Å². The second-order valence-corrected chi connectivity index (χ2v) is 6.74. The minimum absolute atomic E-state index is 0.909. The first-order valence-corrected chi connectivity index (χ1v) is 9.84. The highest BCUT2D eigenvalue weighted by Gasteiger charge is 2.12. The molecule has 4 nitrogen and oxygen atoms in total. The first-order chi connectivity index (χ1) is 13.6. The van der Waals surface area contributed by atoms with Crippen molar-refractivity contribution >= 4 is 0 Å². The molecule has 0 spiro atoms. The predicted molar refractivity (Wildman–Crippen MR) is 116 cm³/mol. The van der Waals surface area contributed by atoms with Crippen molar-refractivity contribution in [2.24, 2.45) is 0 Å². The van der Waals surface area contributed by atoms with Crippen molar-refractivity contribution in [2.75, 3.05) is 0 Å². The summed E-state index contributed by atoms with van der Waals surface area (Å²) < 4.78 is 0. The van der Waals surface area contributed by atoms with Crippen molar-refractivity contribution in [3.05, 3.63) is 83.7 Å². The number of aromatic amines is 2. The lowest BCUT2D eigenvalue weighted by molar-refractivity contribution is 0.977. The lowest BCUT2D eigenvalue weighted by Gasteiger charge is -2.02. The van der Waals surface area contributed by atoms with E-state index in [1.54, 1.807) is 0 Å². The van der Waals surface area contributed by atoms with Gasteiger partial charge in [0.05, 0.1) is 17.1 Å². The molecule has 0 amide bonds. The molecule has 0 aliphatic heterocycles. The summed E-state index contributed by atoms with van der Waals surface area (Å²) in [6.45, 7) is 8.27. The maximum atomic E-state index is 4.72. The molecule has 4 rings (SSSR count). The Morgan fingerprint density at radius 2 is 1.21 bits per heavy atom. The number of nitrogens with zero attached hydrogens (tertiary/aromatic N) is 2. The van der Waals surface area contributed by atoms with Gasteiger partial charge in [-0.3, -0.25) is 0 Å². The third-order valence-corrected chi connectivity index (χ3v) is 4.71. The summed E-state index contributed by atoms with van der Waals surface area (Å²) in [6, 6.07) is 20.7. The van der Waals surface area contributed by atoms with Gasteiger partial charge in [0.1, 0.15) is 11.6 Å². The Kier molecular flexibility index (Phi) is 6.43. The van der Waals surface area contributed by atoms with Gasteiger partial charge in [-0.2, -0.15) is 0 Å². The lowest BCUT2D eigenvalue weighted by atomic mass is 10.1. The van der Waals surface area contributed by atoms with Crippen LogP contribution in [0.3, 0.4) is 0 Å². The number of H-pyrrole nitrogens is 2. The topological polar surface area (TPSA) is 57.4 Å². The van der Waals surface area contributed by atoms with E-state index in [1.807, 2.05) is 38.1 Å². The van der Waals surface area contributed by atoms with Crippen molar-refractivity contribution in [1.29, 1.82) is 0 Å². The van der Waals surface area contributed by atoms with E-state index in [0.29, 0.717) is 0 Å². The van der Waals surface area contributed by atoms with Crippen LogP contribution in [-0.2, 0) is 12.8 Å². The monoisotopic (exact) mass is 372 g/mol. The van der Waals surface area contributed by atoms with Gasteiger partial charge in [0.15, 0.2) is 0 Å². The van der Waals surface area contributed by atoms with E-state index in [-0.39, 0.29) is 0 Å². The maximum Gasteiger partial charge on any atom is 0.106 e. The Labute approximate surface area is 167 Å². The van der Waals surface area contributed by atoms with E-state index in [0.717, 1.165) is 47.1 Å². The molecule has 0 saturated carbocycles. The van der Waals surface area contributed by atoms with E-state index in [2.05, 4.69) is 65.2 Å². The summed E-state index contributed by atoms with van der Waals surface area (Å²) in [5.41, 5.74) is 6.76. The number of benzene rings is 2. The molecule has 0 aliphatic carbocycles. The number of aryl methyl sites for hydroxylation is 4. The van der Waals surface area contributed by atoms with Crippen LogP contribution in [0.2, 0.25) is 0 Å². The van der Waals surface area contributed by atoms with Gasteiger partial charge in [-0.05, 0) is 13.8 Å². The zero-order valence-electron chi connectivity index (χ0n) is 17.1. The largest absolute Gasteiger partial charge is 0.346 e. The standard InChI is InChI=1S/C17H16N2.C7H12N2/c1-2-15-18-16(13-9-5-3-6-10-13)17(19-15)14-11-7-4-8-12-14;1-4-7-8-5(2)6(3)9-7/h3-12H,2H2,1H3,(H,18,19);4H2,1-3H3,(H,8,9). The summed E-state index contributed by atoms with van der Waals surface area (Å²) >= 11 is 0.